The highest BCUT2D eigenvalue weighted by Gasteiger charge is 2.16. The molecule has 2 rings (SSSR count). The minimum atomic E-state index is -1.20. The second kappa shape index (κ2) is 13.2. The summed E-state index contributed by atoms with van der Waals surface area (Å²) in [6, 6.07) is 15.0. The first kappa shape index (κ1) is 25.9. The molecule has 1 atom stereocenters. The van der Waals surface area contributed by atoms with E-state index in [1.54, 1.807) is 0 Å². The number of carboxylic acid groups (broad SMARTS) is 1. The molecular weight excluding hydrogens is 440 g/mol. The van der Waals surface area contributed by atoms with Gasteiger partial charge in [0.1, 0.15) is 5.84 Å². The molecule has 0 aliphatic rings. The van der Waals surface area contributed by atoms with Crippen molar-refractivity contribution in [3.05, 3.63) is 59.7 Å². The van der Waals surface area contributed by atoms with E-state index in [1.807, 2.05) is 55.5 Å². The summed E-state index contributed by atoms with van der Waals surface area (Å²) < 4.78 is 0. The summed E-state index contributed by atoms with van der Waals surface area (Å²) in [7, 11) is 1.52. The molecule has 3 N–H and O–H groups in total. The van der Waals surface area contributed by atoms with Crippen LogP contribution in [0.25, 0.3) is 11.1 Å². The van der Waals surface area contributed by atoms with E-state index in [0.29, 0.717) is 5.56 Å². The molecular formula is C24H29ClN6O2. The Hall–Kier alpha value is -3.39. The fraction of sp³-hybridized carbons (Fsp3) is 0.333. The zero-order chi connectivity index (χ0) is 24.2. The predicted octanol–water partition coefficient (Wildman–Crippen LogP) is 5.51. The van der Waals surface area contributed by atoms with E-state index >= 15 is 0 Å². The molecule has 0 saturated heterocycles. The van der Waals surface area contributed by atoms with Crippen LogP contribution in [0.3, 0.4) is 0 Å². The van der Waals surface area contributed by atoms with Crippen molar-refractivity contribution in [3.8, 4) is 11.1 Å². The SMILES string of the molecule is CCCCC(C)/N=C(Cl)\C(=N\Cc1ccc(-c2ccccc2C(=N)N/N=N\C)cc1)C(=O)O. The molecule has 2 aromatic rings. The Morgan fingerprint density at radius 3 is 2.52 bits per heavy atom. The minimum Gasteiger partial charge on any atom is -0.476 e. The van der Waals surface area contributed by atoms with Crippen LogP contribution in [-0.2, 0) is 11.3 Å². The van der Waals surface area contributed by atoms with E-state index in [9.17, 15) is 9.90 Å². The fourth-order valence-electron chi connectivity index (χ4n) is 3.11. The summed E-state index contributed by atoms with van der Waals surface area (Å²) in [5.41, 5.74) is 5.63. The molecule has 0 saturated carbocycles. The van der Waals surface area contributed by atoms with Crippen molar-refractivity contribution in [3.63, 3.8) is 0 Å². The lowest BCUT2D eigenvalue weighted by atomic mass is 9.98. The van der Waals surface area contributed by atoms with E-state index in [1.165, 1.54) is 7.05 Å². The van der Waals surface area contributed by atoms with Crippen molar-refractivity contribution >= 4 is 34.3 Å². The molecule has 0 spiro atoms. The number of carbonyl (C=O) groups is 1. The zero-order valence-electron chi connectivity index (χ0n) is 19.0. The summed E-state index contributed by atoms with van der Waals surface area (Å²) in [6.45, 7) is 4.16. The molecule has 9 heteroatoms. The van der Waals surface area contributed by atoms with E-state index < -0.39 is 5.97 Å². The van der Waals surface area contributed by atoms with E-state index in [0.717, 1.165) is 36.0 Å². The van der Waals surface area contributed by atoms with Gasteiger partial charge in [0.25, 0.3) is 0 Å². The van der Waals surface area contributed by atoms with Gasteiger partial charge in [0.05, 0.1) is 13.6 Å². The average Bonchev–Trinajstić information content (AvgIpc) is 2.81. The van der Waals surface area contributed by atoms with Gasteiger partial charge in [0.15, 0.2) is 10.9 Å². The van der Waals surface area contributed by atoms with E-state index in [4.69, 9.17) is 17.0 Å². The number of carboxylic acids is 1. The van der Waals surface area contributed by atoms with Crippen LogP contribution in [0.5, 0.6) is 0 Å². The molecule has 0 aliphatic heterocycles. The summed E-state index contributed by atoms with van der Waals surface area (Å²) >= 11 is 6.17. The van der Waals surface area contributed by atoms with Crippen LogP contribution in [0.1, 0.15) is 44.2 Å². The number of aliphatic imine (C=N–C) groups is 2. The summed E-state index contributed by atoms with van der Waals surface area (Å²) in [5, 5.41) is 24.9. The Balaban J connectivity index is 2.20. The van der Waals surface area contributed by atoms with Crippen LogP contribution in [0.15, 0.2) is 68.9 Å². The predicted molar refractivity (Wildman–Crippen MR) is 134 cm³/mol. The number of halogens is 1. The Kier molecular flexibility index (Phi) is 10.4. The lowest BCUT2D eigenvalue weighted by molar-refractivity contribution is -0.129. The van der Waals surface area contributed by atoms with Crippen LogP contribution in [0.4, 0.5) is 0 Å². The molecule has 0 fully saturated rings. The third-order valence-corrected chi connectivity index (χ3v) is 5.13. The molecule has 8 nitrogen and oxygen atoms in total. The molecule has 1 unspecified atom stereocenters. The van der Waals surface area contributed by atoms with Gasteiger partial charge in [0.2, 0.25) is 0 Å². The molecule has 2 aromatic carbocycles. The van der Waals surface area contributed by atoms with Crippen molar-refractivity contribution in [2.45, 2.75) is 45.7 Å². The fourth-order valence-corrected chi connectivity index (χ4v) is 3.42. The molecule has 0 radical (unpaired) electrons. The van der Waals surface area contributed by atoms with Gasteiger partial charge in [-0.2, -0.15) is 5.11 Å². The number of nitrogens with zero attached hydrogens (tertiary/aromatic N) is 4. The third kappa shape index (κ3) is 7.91. The second-order valence-corrected chi connectivity index (χ2v) is 7.77. The third-order valence-electron chi connectivity index (χ3n) is 4.85. The van der Waals surface area contributed by atoms with Crippen molar-refractivity contribution in [2.24, 2.45) is 20.3 Å². The molecule has 174 valence electrons. The summed E-state index contributed by atoms with van der Waals surface area (Å²) in [4.78, 5) is 20.1. The molecule has 0 amide bonds. The lowest BCUT2D eigenvalue weighted by Gasteiger charge is -2.10. The van der Waals surface area contributed by atoms with Gasteiger partial charge in [-0.15, -0.1) is 0 Å². The Labute approximate surface area is 199 Å². The monoisotopic (exact) mass is 468 g/mol. The van der Waals surface area contributed by atoms with Gasteiger partial charge >= 0.3 is 5.97 Å². The summed E-state index contributed by atoms with van der Waals surface area (Å²) in [6.07, 6.45) is 2.89. The molecule has 0 heterocycles. The van der Waals surface area contributed by atoms with Crippen LogP contribution in [0, 0.1) is 5.41 Å². The number of amidine groups is 1. The average molecular weight is 469 g/mol. The van der Waals surface area contributed by atoms with Gasteiger partial charge in [-0.05, 0) is 30.0 Å². The summed E-state index contributed by atoms with van der Waals surface area (Å²) in [5.74, 6) is -1.06. The van der Waals surface area contributed by atoms with Gasteiger partial charge < -0.3 is 5.11 Å². The highest BCUT2D eigenvalue weighted by Crippen LogP contribution is 2.24. The zero-order valence-corrected chi connectivity index (χ0v) is 19.8. The smallest absolute Gasteiger partial charge is 0.357 e. The number of nitrogens with one attached hydrogen (secondary N) is 2. The van der Waals surface area contributed by atoms with Gasteiger partial charge in [0, 0.05) is 11.6 Å². The number of benzene rings is 2. The Morgan fingerprint density at radius 2 is 1.88 bits per heavy atom. The van der Waals surface area contributed by atoms with E-state index in [-0.39, 0.29) is 29.3 Å². The highest BCUT2D eigenvalue weighted by atomic mass is 35.5. The highest BCUT2D eigenvalue weighted by molar-refractivity contribution is 6.91. The van der Waals surface area contributed by atoms with Crippen molar-refractivity contribution in [2.75, 3.05) is 7.05 Å². The van der Waals surface area contributed by atoms with E-state index in [2.05, 4.69) is 32.7 Å². The van der Waals surface area contributed by atoms with Crippen LogP contribution < -0.4 is 5.43 Å². The van der Waals surface area contributed by atoms with Gasteiger partial charge in [-0.3, -0.25) is 15.4 Å². The molecule has 33 heavy (non-hydrogen) atoms. The minimum absolute atomic E-state index is 0.0617. The Bertz CT molecular complexity index is 1050. The maximum absolute atomic E-state index is 11.6. The first-order chi connectivity index (χ1) is 15.9. The normalized spacial score (nSPS) is 13.2. The van der Waals surface area contributed by atoms with Gasteiger partial charge in [-0.25, -0.2) is 10.2 Å². The van der Waals surface area contributed by atoms with Crippen LogP contribution >= 0.6 is 11.6 Å². The lowest BCUT2D eigenvalue weighted by Crippen LogP contribution is -2.21. The molecule has 0 aromatic heterocycles. The number of aliphatic carboxylic acids is 1. The van der Waals surface area contributed by atoms with Crippen LogP contribution in [-0.4, -0.2) is 40.9 Å². The Morgan fingerprint density at radius 1 is 1.18 bits per heavy atom. The first-order valence-electron chi connectivity index (χ1n) is 10.7. The second-order valence-electron chi connectivity index (χ2n) is 7.41. The quantitative estimate of drug-likeness (QED) is 0.174. The number of rotatable bonds is 11. The number of unbranched alkanes of at least 4 members (excludes halogenated alkanes) is 1. The van der Waals surface area contributed by atoms with Crippen LogP contribution in [0.2, 0.25) is 0 Å². The number of hydrogen-bond donors (Lipinski definition) is 3. The van der Waals surface area contributed by atoms with Crippen molar-refractivity contribution in [1.82, 2.24) is 5.43 Å². The maximum atomic E-state index is 11.6. The first-order valence-corrected chi connectivity index (χ1v) is 11.1. The molecule has 0 bridgehead atoms. The van der Waals surface area contributed by atoms with Crippen molar-refractivity contribution < 1.29 is 9.90 Å². The standard InChI is InChI=1S/C24H29ClN6O2/c1-4-5-8-16(2)29-22(25)21(24(32)33)28-15-17-11-13-18(14-12-17)19-9-6-7-10-20(19)23(26)30-31-27-3/h6-7,9-14,16H,4-5,8,15H2,1-3H3,(H,32,33)(H2,26,27,30)/b28-21-,29-22+. The van der Waals surface area contributed by atoms with Crippen molar-refractivity contribution in [1.29, 1.82) is 5.41 Å². The molecule has 0 aliphatic carbocycles. The topological polar surface area (TPSA) is 123 Å². The van der Waals surface area contributed by atoms with Gasteiger partial charge in [-0.1, -0.05) is 85.1 Å². The number of hydrogen-bond acceptors (Lipinski definition) is 6. The largest absolute Gasteiger partial charge is 0.476 e. The maximum Gasteiger partial charge on any atom is 0.357 e.